The maximum absolute atomic E-state index is 11.7. The van der Waals surface area contributed by atoms with Gasteiger partial charge in [-0.15, -0.1) is 22.7 Å². The van der Waals surface area contributed by atoms with Gasteiger partial charge >= 0.3 is 0 Å². The van der Waals surface area contributed by atoms with E-state index in [9.17, 15) is 4.79 Å². The highest BCUT2D eigenvalue weighted by molar-refractivity contribution is 7.21. The fourth-order valence-corrected chi connectivity index (χ4v) is 4.41. The van der Waals surface area contributed by atoms with Crippen molar-refractivity contribution in [1.82, 2.24) is 4.98 Å². The number of nitrogens with two attached hydrogens (primary N) is 2. The maximum atomic E-state index is 11.7. The molecule has 0 aliphatic heterocycles. The number of pyridine rings is 1. The van der Waals surface area contributed by atoms with Crippen LogP contribution in [0.5, 0.6) is 0 Å². The van der Waals surface area contributed by atoms with Gasteiger partial charge < -0.3 is 11.5 Å². The van der Waals surface area contributed by atoms with Gasteiger partial charge in [-0.05, 0) is 17.5 Å². The number of benzene rings is 1. The summed E-state index contributed by atoms with van der Waals surface area (Å²) in [5, 5.41) is 2.82. The number of anilines is 1. The third-order valence-electron chi connectivity index (χ3n) is 3.78. The highest BCUT2D eigenvalue weighted by Crippen LogP contribution is 2.42. The Balaban J connectivity index is 2.07. The first-order valence-corrected chi connectivity index (χ1v) is 8.97. The first kappa shape index (κ1) is 14.9. The maximum Gasteiger partial charge on any atom is 0.260 e. The van der Waals surface area contributed by atoms with E-state index in [0.717, 1.165) is 31.9 Å². The summed E-state index contributed by atoms with van der Waals surface area (Å²) in [7, 11) is 0. The molecule has 4 rings (SSSR count). The SMILES string of the molecule is NC(=O)c1sc2nc(-c3ccccc3)cc(-c3cccs3)c2c1N. The lowest BCUT2D eigenvalue weighted by Gasteiger charge is -2.07. The van der Waals surface area contributed by atoms with Crippen molar-refractivity contribution in [2.24, 2.45) is 5.73 Å². The lowest BCUT2D eigenvalue weighted by atomic mass is 10.0. The molecule has 4 nitrogen and oxygen atoms in total. The van der Waals surface area contributed by atoms with Gasteiger partial charge in [-0.2, -0.15) is 0 Å². The number of nitrogen functional groups attached to an aromatic ring is 1. The average molecular weight is 351 g/mol. The Bertz CT molecular complexity index is 1040. The second-order valence-corrected chi connectivity index (χ2v) is 7.23. The highest BCUT2D eigenvalue weighted by atomic mass is 32.1. The zero-order chi connectivity index (χ0) is 16.7. The number of primary amides is 1. The molecule has 0 atom stereocenters. The Kier molecular flexibility index (Phi) is 3.55. The van der Waals surface area contributed by atoms with E-state index in [2.05, 4.69) is 0 Å². The molecule has 3 aromatic heterocycles. The first-order chi connectivity index (χ1) is 11.6. The summed E-state index contributed by atoms with van der Waals surface area (Å²) in [6, 6.07) is 16.0. The zero-order valence-electron chi connectivity index (χ0n) is 12.5. The number of thiophene rings is 2. The summed E-state index contributed by atoms with van der Waals surface area (Å²) in [5.41, 5.74) is 14.9. The Hall–Kier alpha value is -2.70. The fourth-order valence-electron chi connectivity index (χ4n) is 2.69. The second kappa shape index (κ2) is 5.74. The monoisotopic (exact) mass is 351 g/mol. The predicted molar refractivity (Wildman–Crippen MR) is 101 cm³/mol. The molecule has 0 fully saturated rings. The Labute approximate surface area is 146 Å². The topological polar surface area (TPSA) is 82.0 Å². The third-order valence-corrected chi connectivity index (χ3v) is 5.80. The molecule has 0 bridgehead atoms. The Morgan fingerprint density at radius 3 is 2.54 bits per heavy atom. The lowest BCUT2D eigenvalue weighted by molar-refractivity contribution is 0.100. The molecule has 6 heteroatoms. The van der Waals surface area contributed by atoms with Gasteiger partial charge in [0.15, 0.2) is 0 Å². The van der Waals surface area contributed by atoms with E-state index in [4.69, 9.17) is 16.5 Å². The number of amides is 1. The molecule has 0 spiro atoms. The predicted octanol–water partition coefficient (Wildman–Crippen LogP) is 4.37. The number of hydrogen-bond acceptors (Lipinski definition) is 5. The van der Waals surface area contributed by atoms with Crippen molar-refractivity contribution in [2.45, 2.75) is 0 Å². The van der Waals surface area contributed by atoms with Crippen LogP contribution in [0.3, 0.4) is 0 Å². The number of hydrogen-bond donors (Lipinski definition) is 2. The molecule has 0 aliphatic rings. The van der Waals surface area contributed by atoms with Crippen molar-refractivity contribution in [2.75, 3.05) is 5.73 Å². The van der Waals surface area contributed by atoms with Gasteiger partial charge in [-0.3, -0.25) is 4.79 Å². The molecule has 0 radical (unpaired) electrons. The van der Waals surface area contributed by atoms with Crippen LogP contribution in [0.1, 0.15) is 9.67 Å². The van der Waals surface area contributed by atoms with E-state index >= 15 is 0 Å². The lowest BCUT2D eigenvalue weighted by Crippen LogP contribution is -2.10. The van der Waals surface area contributed by atoms with Crippen LogP contribution >= 0.6 is 22.7 Å². The second-order valence-electron chi connectivity index (χ2n) is 5.29. The molecule has 1 aromatic carbocycles. The number of aromatic nitrogens is 1. The molecular formula is C18H13N3OS2. The molecule has 4 N–H and O–H groups in total. The van der Waals surface area contributed by atoms with Crippen LogP contribution in [0.2, 0.25) is 0 Å². The minimum absolute atomic E-state index is 0.362. The normalized spacial score (nSPS) is 11.0. The molecule has 24 heavy (non-hydrogen) atoms. The third kappa shape index (κ3) is 2.36. The van der Waals surface area contributed by atoms with Crippen molar-refractivity contribution in [3.63, 3.8) is 0 Å². The van der Waals surface area contributed by atoms with Crippen molar-refractivity contribution in [3.8, 4) is 21.7 Å². The van der Waals surface area contributed by atoms with Crippen LogP contribution in [0, 0.1) is 0 Å². The van der Waals surface area contributed by atoms with E-state index in [1.54, 1.807) is 11.3 Å². The summed E-state index contributed by atoms with van der Waals surface area (Å²) < 4.78 is 0. The number of carbonyl (C=O) groups is 1. The smallest absolute Gasteiger partial charge is 0.260 e. The van der Waals surface area contributed by atoms with Crippen molar-refractivity contribution >= 4 is 44.5 Å². The van der Waals surface area contributed by atoms with Gasteiger partial charge in [-0.1, -0.05) is 36.4 Å². The van der Waals surface area contributed by atoms with Crippen LogP contribution in [0.25, 0.3) is 31.9 Å². The standard InChI is InChI=1S/C18H13N3OS2/c19-15-14-11(13-7-4-8-23-13)9-12(10-5-2-1-3-6-10)21-18(14)24-16(15)17(20)22/h1-9H,19H2,(H2,20,22). The van der Waals surface area contributed by atoms with Crippen molar-refractivity contribution < 1.29 is 4.79 Å². The Morgan fingerprint density at radius 1 is 1.08 bits per heavy atom. The molecule has 118 valence electrons. The number of fused-ring (bicyclic) bond motifs is 1. The molecule has 0 saturated heterocycles. The van der Waals surface area contributed by atoms with Crippen LogP contribution in [-0.4, -0.2) is 10.9 Å². The van der Waals surface area contributed by atoms with E-state index in [1.807, 2.05) is 53.9 Å². The van der Waals surface area contributed by atoms with Gasteiger partial charge in [0.2, 0.25) is 0 Å². The van der Waals surface area contributed by atoms with Gasteiger partial charge in [0.25, 0.3) is 5.91 Å². The van der Waals surface area contributed by atoms with Crippen LogP contribution < -0.4 is 11.5 Å². The minimum atomic E-state index is -0.520. The number of rotatable bonds is 3. The first-order valence-electron chi connectivity index (χ1n) is 7.27. The van der Waals surface area contributed by atoms with Crippen LogP contribution in [-0.2, 0) is 0 Å². The summed E-state index contributed by atoms with van der Waals surface area (Å²) >= 11 is 2.87. The van der Waals surface area contributed by atoms with Gasteiger partial charge in [-0.25, -0.2) is 4.98 Å². The van der Waals surface area contributed by atoms with E-state index in [-0.39, 0.29) is 0 Å². The summed E-state index contributed by atoms with van der Waals surface area (Å²) in [6.45, 7) is 0. The quantitative estimate of drug-likeness (QED) is 0.575. The van der Waals surface area contributed by atoms with Crippen LogP contribution in [0.15, 0.2) is 53.9 Å². The van der Waals surface area contributed by atoms with Gasteiger partial charge in [0, 0.05) is 21.4 Å². The van der Waals surface area contributed by atoms with Crippen molar-refractivity contribution in [3.05, 3.63) is 58.8 Å². The molecule has 0 aliphatic carbocycles. The van der Waals surface area contributed by atoms with Gasteiger partial charge in [0.05, 0.1) is 11.4 Å². The largest absolute Gasteiger partial charge is 0.397 e. The molecule has 0 saturated carbocycles. The van der Waals surface area contributed by atoms with E-state index in [0.29, 0.717) is 10.6 Å². The highest BCUT2D eigenvalue weighted by Gasteiger charge is 2.20. The van der Waals surface area contributed by atoms with E-state index < -0.39 is 5.91 Å². The molecule has 1 amide bonds. The summed E-state index contributed by atoms with van der Waals surface area (Å²) in [6.07, 6.45) is 0. The molecular weight excluding hydrogens is 338 g/mol. The molecule has 0 unspecified atom stereocenters. The summed E-state index contributed by atoms with van der Waals surface area (Å²) in [4.78, 5) is 18.6. The van der Waals surface area contributed by atoms with Crippen molar-refractivity contribution in [1.29, 1.82) is 0 Å². The number of nitrogens with zero attached hydrogens (tertiary/aromatic N) is 1. The number of carbonyl (C=O) groups excluding carboxylic acids is 1. The minimum Gasteiger partial charge on any atom is -0.397 e. The molecule has 4 aromatic rings. The Morgan fingerprint density at radius 2 is 1.88 bits per heavy atom. The average Bonchev–Trinajstić information content (AvgIpc) is 3.23. The molecule has 3 heterocycles. The van der Waals surface area contributed by atoms with Gasteiger partial charge in [0.1, 0.15) is 9.71 Å². The summed E-state index contributed by atoms with van der Waals surface area (Å²) in [5.74, 6) is -0.520. The fraction of sp³-hybridized carbons (Fsp3) is 0. The zero-order valence-corrected chi connectivity index (χ0v) is 14.2. The van der Waals surface area contributed by atoms with Crippen LogP contribution in [0.4, 0.5) is 5.69 Å². The van der Waals surface area contributed by atoms with E-state index in [1.165, 1.54) is 11.3 Å².